The van der Waals surface area contributed by atoms with E-state index in [2.05, 4.69) is 5.32 Å². The molecule has 2 aromatic rings. The summed E-state index contributed by atoms with van der Waals surface area (Å²) < 4.78 is 14.6. The predicted octanol–water partition coefficient (Wildman–Crippen LogP) is 3.14. The molecule has 0 aliphatic carbocycles. The molecular formula is C14H9FIN3O. The Balaban J connectivity index is 2.46. The molecule has 2 rings (SSSR count). The van der Waals surface area contributed by atoms with E-state index in [-0.39, 0.29) is 11.3 Å². The summed E-state index contributed by atoms with van der Waals surface area (Å²) in [5.41, 5.74) is 6.33. The maximum absolute atomic E-state index is 13.8. The van der Waals surface area contributed by atoms with Crippen LogP contribution in [0.4, 0.5) is 15.8 Å². The number of nitrogens with one attached hydrogen (secondary N) is 1. The lowest BCUT2D eigenvalue weighted by Crippen LogP contribution is -2.13. The molecule has 20 heavy (non-hydrogen) atoms. The number of nitrogens with zero attached hydrogens (tertiary/aromatic N) is 1. The van der Waals surface area contributed by atoms with Crippen molar-refractivity contribution in [3.05, 3.63) is 56.9 Å². The van der Waals surface area contributed by atoms with Gasteiger partial charge in [0.25, 0.3) is 5.91 Å². The number of hydrogen-bond donors (Lipinski definition) is 2. The minimum Gasteiger partial charge on any atom is -0.366 e. The molecule has 0 unspecified atom stereocenters. The molecule has 0 heterocycles. The molecule has 0 radical (unpaired) electrons. The fraction of sp³-hybridized carbons (Fsp3) is 0. The highest BCUT2D eigenvalue weighted by atomic mass is 127. The van der Waals surface area contributed by atoms with Crippen molar-refractivity contribution in [1.29, 1.82) is 5.26 Å². The van der Waals surface area contributed by atoms with Crippen molar-refractivity contribution in [3.8, 4) is 6.07 Å². The average Bonchev–Trinajstić information content (AvgIpc) is 2.41. The maximum atomic E-state index is 13.8. The van der Waals surface area contributed by atoms with E-state index in [0.717, 1.165) is 3.57 Å². The summed E-state index contributed by atoms with van der Waals surface area (Å²) in [6.45, 7) is 0. The summed E-state index contributed by atoms with van der Waals surface area (Å²) >= 11 is 2.00. The zero-order valence-electron chi connectivity index (χ0n) is 10.2. The second-order valence-corrected chi connectivity index (χ2v) is 5.23. The Morgan fingerprint density at radius 1 is 1.25 bits per heavy atom. The highest BCUT2D eigenvalue weighted by Gasteiger charge is 2.11. The summed E-state index contributed by atoms with van der Waals surface area (Å²) in [5.74, 6) is -1.10. The van der Waals surface area contributed by atoms with Crippen LogP contribution in [0.3, 0.4) is 0 Å². The fourth-order valence-electron chi connectivity index (χ4n) is 1.67. The van der Waals surface area contributed by atoms with E-state index in [1.807, 2.05) is 28.7 Å². The van der Waals surface area contributed by atoms with Crippen LogP contribution in [0, 0.1) is 20.7 Å². The first-order chi connectivity index (χ1) is 9.51. The van der Waals surface area contributed by atoms with E-state index >= 15 is 0 Å². The van der Waals surface area contributed by atoms with Crippen LogP contribution in [0.1, 0.15) is 15.9 Å². The van der Waals surface area contributed by atoms with Gasteiger partial charge < -0.3 is 11.1 Å². The minimum absolute atomic E-state index is 0.196. The van der Waals surface area contributed by atoms with Gasteiger partial charge in [-0.25, -0.2) is 4.39 Å². The number of carbonyl (C=O) groups excluding carboxylic acids is 1. The van der Waals surface area contributed by atoms with Crippen LogP contribution < -0.4 is 11.1 Å². The molecule has 0 spiro atoms. The number of carbonyl (C=O) groups is 1. The van der Waals surface area contributed by atoms with Crippen LogP contribution in [0.15, 0.2) is 36.4 Å². The molecule has 3 N–H and O–H groups in total. The monoisotopic (exact) mass is 381 g/mol. The van der Waals surface area contributed by atoms with E-state index < -0.39 is 11.7 Å². The van der Waals surface area contributed by atoms with Gasteiger partial charge in [-0.3, -0.25) is 4.79 Å². The van der Waals surface area contributed by atoms with Crippen molar-refractivity contribution in [2.45, 2.75) is 0 Å². The summed E-state index contributed by atoms with van der Waals surface area (Å²) in [6, 6.07) is 11.0. The Morgan fingerprint density at radius 2 is 2.00 bits per heavy atom. The topological polar surface area (TPSA) is 78.9 Å². The van der Waals surface area contributed by atoms with Gasteiger partial charge in [-0.2, -0.15) is 5.26 Å². The number of hydrogen-bond acceptors (Lipinski definition) is 3. The van der Waals surface area contributed by atoms with Crippen molar-refractivity contribution in [2.24, 2.45) is 5.73 Å². The smallest absolute Gasteiger partial charge is 0.250 e. The van der Waals surface area contributed by atoms with Crippen LogP contribution in [-0.2, 0) is 0 Å². The van der Waals surface area contributed by atoms with Gasteiger partial charge in [-0.05, 0) is 59.0 Å². The molecule has 0 aliphatic heterocycles. The lowest BCUT2D eigenvalue weighted by atomic mass is 10.1. The number of nitriles is 1. The van der Waals surface area contributed by atoms with E-state index in [1.165, 1.54) is 24.3 Å². The van der Waals surface area contributed by atoms with Gasteiger partial charge in [0, 0.05) is 3.57 Å². The standard InChI is InChI=1S/C14H9FIN3O/c15-11-6-9(16)2-4-12(11)19-13-5-8(7-17)1-3-10(13)14(18)20/h1-6,19H,(H2,18,20). The second-order valence-electron chi connectivity index (χ2n) is 3.99. The van der Waals surface area contributed by atoms with Crippen LogP contribution >= 0.6 is 22.6 Å². The fourth-order valence-corrected chi connectivity index (χ4v) is 2.12. The number of benzene rings is 2. The SMILES string of the molecule is N#Cc1ccc(C(N)=O)c(Nc2ccc(I)cc2F)c1. The average molecular weight is 381 g/mol. The Hall–Kier alpha value is -2.14. The van der Waals surface area contributed by atoms with Crippen LogP contribution in [0.25, 0.3) is 0 Å². The van der Waals surface area contributed by atoms with E-state index in [9.17, 15) is 9.18 Å². The third kappa shape index (κ3) is 3.05. The Labute approximate surface area is 128 Å². The number of rotatable bonds is 3. The van der Waals surface area contributed by atoms with Gasteiger partial charge in [0.2, 0.25) is 0 Å². The maximum Gasteiger partial charge on any atom is 0.250 e. The molecule has 0 atom stereocenters. The Kier molecular flexibility index (Phi) is 4.20. The zero-order valence-corrected chi connectivity index (χ0v) is 12.3. The number of amides is 1. The molecule has 4 nitrogen and oxygen atoms in total. The van der Waals surface area contributed by atoms with Gasteiger partial charge >= 0.3 is 0 Å². The van der Waals surface area contributed by atoms with Gasteiger partial charge in [0.05, 0.1) is 28.6 Å². The van der Waals surface area contributed by atoms with Gasteiger partial charge in [0.15, 0.2) is 0 Å². The van der Waals surface area contributed by atoms with E-state index in [0.29, 0.717) is 11.3 Å². The van der Waals surface area contributed by atoms with Gasteiger partial charge in [-0.1, -0.05) is 0 Å². The molecular weight excluding hydrogens is 372 g/mol. The van der Waals surface area contributed by atoms with Crippen molar-refractivity contribution in [3.63, 3.8) is 0 Å². The molecule has 100 valence electrons. The zero-order chi connectivity index (χ0) is 14.7. The van der Waals surface area contributed by atoms with Crippen molar-refractivity contribution < 1.29 is 9.18 Å². The summed E-state index contributed by atoms with van der Waals surface area (Å²) in [5, 5.41) is 11.7. The molecule has 1 amide bonds. The van der Waals surface area contributed by atoms with Gasteiger partial charge in [0.1, 0.15) is 5.82 Å². The highest BCUT2D eigenvalue weighted by molar-refractivity contribution is 14.1. The third-order valence-corrected chi connectivity index (χ3v) is 3.29. The molecule has 2 aromatic carbocycles. The normalized spacial score (nSPS) is 9.85. The first-order valence-corrected chi connectivity index (χ1v) is 6.65. The molecule has 0 saturated carbocycles. The first-order valence-electron chi connectivity index (χ1n) is 5.57. The number of primary amides is 1. The van der Waals surface area contributed by atoms with Crippen molar-refractivity contribution in [1.82, 2.24) is 0 Å². The predicted molar refractivity (Wildman–Crippen MR) is 82.1 cm³/mol. The van der Waals surface area contributed by atoms with Crippen LogP contribution in [0.2, 0.25) is 0 Å². The van der Waals surface area contributed by atoms with Crippen LogP contribution in [-0.4, -0.2) is 5.91 Å². The third-order valence-electron chi connectivity index (χ3n) is 2.61. The lowest BCUT2D eigenvalue weighted by molar-refractivity contribution is 0.100. The summed E-state index contributed by atoms with van der Waals surface area (Å²) in [6.07, 6.45) is 0. The highest BCUT2D eigenvalue weighted by Crippen LogP contribution is 2.25. The Morgan fingerprint density at radius 3 is 2.60 bits per heavy atom. The minimum atomic E-state index is -0.650. The van der Waals surface area contributed by atoms with Gasteiger partial charge in [-0.15, -0.1) is 0 Å². The second kappa shape index (κ2) is 5.88. The lowest BCUT2D eigenvalue weighted by Gasteiger charge is -2.11. The number of halogens is 2. The quantitative estimate of drug-likeness (QED) is 0.802. The Bertz CT molecular complexity index is 725. The van der Waals surface area contributed by atoms with Crippen LogP contribution in [0.5, 0.6) is 0 Å². The first kappa shape index (κ1) is 14.3. The van der Waals surface area contributed by atoms with Crippen molar-refractivity contribution in [2.75, 3.05) is 5.32 Å². The van der Waals surface area contributed by atoms with E-state index in [1.54, 1.807) is 12.1 Å². The number of anilines is 2. The van der Waals surface area contributed by atoms with Crippen molar-refractivity contribution >= 4 is 39.9 Å². The summed E-state index contributed by atoms with van der Waals surface area (Å²) in [7, 11) is 0. The number of nitrogens with two attached hydrogens (primary N) is 1. The summed E-state index contributed by atoms with van der Waals surface area (Å²) in [4.78, 5) is 11.4. The molecule has 0 saturated heterocycles. The molecule has 0 bridgehead atoms. The molecule has 6 heteroatoms. The molecule has 0 fully saturated rings. The molecule has 0 aromatic heterocycles. The molecule has 0 aliphatic rings. The van der Waals surface area contributed by atoms with E-state index in [4.69, 9.17) is 11.0 Å². The largest absolute Gasteiger partial charge is 0.366 e.